The standard InChI is InChI=1S/C13H18N2/c1-4-5-7-10-8-6-9-11-12(10)15-13(2,3)14-11/h6,8-9H,4-5,7H2,1-3H3. The van der Waals surface area contributed by atoms with Gasteiger partial charge in [0.1, 0.15) is 5.66 Å². The second-order valence-corrected chi connectivity index (χ2v) is 4.61. The van der Waals surface area contributed by atoms with Crippen molar-refractivity contribution in [2.75, 3.05) is 0 Å². The normalized spacial score (nSPS) is 16.7. The van der Waals surface area contributed by atoms with Crippen molar-refractivity contribution in [1.82, 2.24) is 0 Å². The summed E-state index contributed by atoms with van der Waals surface area (Å²) < 4.78 is 0. The predicted octanol–water partition coefficient (Wildman–Crippen LogP) is 2.02. The quantitative estimate of drug-likeness (QED) is 0.716. The number of nitrogens with zero attached hydrogens (tertiary/aromatic N) is 2. The zero-order chi connectivity index (χ0) is 10.9. The van der Waals surface area contributed by atoms with Crippen LogP contribution in [0.2, 0.25) is 0 Å². The predicted molar refractivity (Wildman–Crippen MR) is 61.4 cm³/mol. The summed E-state index contributed by atoms with van der Waals surface area (Å²) >= 11 is 0. The van der Waals surface area contributed by atoms with Crippen LogP contribution >= 0.6 is 0 Å². The van der Waals surface area contributed by atoms with E-state index in [4.69, 9.17) is 0 Å². The molecule has 0 aromatic heterocycles. The van der Waals surface area contributed by atoms with Crippen molar-refractivity contribution in [3.8, 4) is 0 Å². The van der Waals surface area contributed by atoms with Gasteiger partial charge < -0.3 is 0 Å². The van der Waals surface area contributed by atoms with Crippen LogP contribution in [-0.4, -0.2) is 5.66 Å². The molecule has 1 aliphatic rings. The van der Waals surface area contributed by atoms with Crippen LogP contribution in [0.15, 0.2) is 28.2 Å². The fraction of sp³-hybridized carbons (Fsp3) is 0.538. The molecule has 1 aliphatic heterocycles. The third-order valence-electron chi connectivity index (χ3n) is 2.68. The first-order valence-electron chi connectivity index (χ1n) is 5.70. The lowest BCUT2D eigenvalue weighted by Crippen LogP contribution is -2.25. The number of hydrogen-bond acceptors (Lipinski definition) is 2. The van der Waals surface area contributed by atoms with Gasteiger partial charge in [0.15, 0.2) is 0 Å². The summed E-state index contributed by atoms with van der Waals surface area (Å²) in [6.07, 6.45) is 3.57. The van der Waals surface area contributed by atoms with Crippen LogP contribution in [0.3, 0.4) is 0 Å². The Morgan fingerprint density at radius 2 is 2.00 bits per heavy atom. The molecule has 2 nitrogen and oxygen atoms in total. The van der Waals surface area contributed by atoms with Gasteiger partial charge in [0.2, 0.25) is 0 Å². The fourth-order valence-electron chi connectivity index (χ4n) is 1.96. The maximum atomic E-state index is 4.67. The summed E-state index contributed by atoms with van der Waals surface area (Å²) in [5.74, 6) is 0. The van der Waals surface area contributed by atoms with Crippen molar-refractivity contribution >= 4 is 0 Å². The Morgan fingerprint density at radius 1 is 1.20 bits per heavy atom. The Hall–Kier alpha value is -1.18. The van der Waals surface area contributed by atoms with E-state index in [-0.39, 0.29) is 5.66 Å². The molecule has 2 heteroatoms. The highest BCUT2D eigenvalue weighted by molar-refractivity contribution is 5.17. The van der Waals surface area contributed by atoms with E-state index in [0.29, 0.717) is 0 Å². The van der Waals surface area contributed by atoms with Crippen LogP contribution in [0.25, 0.3) is 0 Å². The Kier molecular flexibility index (Phi) is 2.59. The second kappa shape index (κ2) is 3.76. The number of benzene rings is 1. The van der Waals surface area contributed by atoms with Gasteiger partial charge in [-0.1, -0.05) is 25.5 Å². The molecule has 0 saturated heterocycles. The lowest BCUT2D eigenvalue weighted by Gasteiger charge is -2.07. The van der Waals surface area contributed by atoms with Gasteiger partial charge in [-0.3, -0.25) is 9.98 Å². The van der Waals surface area contributed by atoms with Gasteiger partial charge in [-0.05, 0) is 38.3 Å². The Labute approximate surface area is 90.8 Å². The van der Waals surface area contributed by atoms with E-state index in [1.54, 1.807) is 0 Å². The highest BCUT2D eigenvalue weighted by atomic mass is 15.1. The molecular formula is C13H18N2. The van der Waals surface area contributed by atoms with E-state index in [9.17, 15) is 0 Å². The van der Waals surface area contributed by atoms with Gasteiger partial charge in [0.25, 0.3) is 0 Å². The number of fused-ring (bicyclic) bond motifs is 1. The van der Waals surface area contributed by atoms with E-state index in [1.165, 1.54) is 18.4 Å². The van der Waals surface area contributed by atoms with E-state index in [2.05, 4.69) is 49.0 Å². The first kappa shape index (κ1) is 10.3. The largest absolute Gasteiger partial charge is 0.254 e. The molecule has 0 spiro atoms. The van der Waals surface area contributed by atoms with Gasteiger partial charge in [0, 0.05) is 0 Å². The Morgan fingerprint density at radius 3 is 2.73 bits per heavy atom. The molecule has 0 bridgehead atoms. The summed E-state index contributed by atoms with van der Waals surface area (Å²) in [4.78, 5) is 9.26. The van der Waals surface area contributed by atoms with Crippen molar-refractivity contribution in [1.29, 1.82) is 0 Å². The number of aryl methyl sites for hydroxylation is 1. The summed E-state index contributed by atoms with van der Waals surface area (Å²) in [7, 11) is 0. The smallest absolute Gasteiger partial charge is 0.146 e. The molecule has 0 N–H and O–H groups in total. The lowest BCUT2D eigenvalue weighted by atomic mass is 10.1. The van der Waals surface area contributed by atoms with E-state index < -0.39 is 0 Å². The first-order valence-corrected chi connectivity index (χ1v) is 5.70. The monoisotopic (exact) mass is 202 g/mol. The molecule has 1 heterocycles. The van der Waals surface area contributed by atoms with Crippen LogP contribution in [-0.2, 0) is 6.42 Å². The van der Waals surface area contributed by atoms with Gasteiger partial charge in [0.05, 0.1) is 10.7 Å². The summed E-state index contributed by atoms with van der Waals surface area (Å²) in [6, 6.07) is 6.32. The summed E-state index contributed by atoms with van der Waals surface area (Å²) in [5, 5.41) is 2.18. The van der Waals surface area contributed by atoms with Crippen molar-refractivity contribution in [3.63, 3.8) is 0 Å². The summed E-state index contributed by atoms with van der Waals surface area (Å²) in [5.41, 5.74) is 1.09. The van der Waals surface area contributed by atoms with Crippen molar-refractivity contribution in [2.24, 2.45) is 9.98 Å². The molecule has 1 aromatic carbocycles. The molecule has 2 rings (SSSR count). The average Bonchev–Trinajstić information content (AvgIpc) is 2.49. The van der Waals surface area contributed by atoms with Crippen LogP contribution in [0.5, 0.6) is 0 Å². The maximum absolute atomic E-state index is 4.67. The third kappa shape index (κ3) is 2.09. The first-order chi connectivity index (χ1) is 7.12. The number of hydrogen-bond donors (Lipinski definition) is 0. The van der Waals surface area contributed by atoms with E-state index in [1.807, 2.05) is 0 Å². The SMILES string of the molecule is CCCCc1cccc2c1=NC(C)(C)N=2. The van der Waals surface area contributed by atoms with Crippen molar-refractivity contribution < 1.29 is 0 Å². The maximum Gasteiger partial charge on any atom is 0.146 e. The minimum Gasteiger partial charge on any atom is -0.254 e. The molecule has 0 radical (unpaired) electrons. The zero-order valence-corrected chi connectivity index (χ0v) is 9.75. The third-order valence-corrected chi connectivity index (χ3v) is 2.68. The van der Waals surface area contributed by atoms with Crippen LogP contribution in [0.1, 0.15) is 39.2 Å². The molecular weight excluding hydrogens is 184 g/mol. The fourth-order valence-corrected chi connectivity index (χ4v) is 1.96. The van der Waals surface area contributed by atoms with Gasteiger partial charge in [-0.15, -0.1) is 0 Å². The molecule has 80 valence electrons. The number of unbranched alkanes of at least 4 members (excludes halogenated alkanes) is 1. The van der Waals surface area contributed by atoms with E-state index in [0.717, 1.165) is 17.1 Å². The van der Waals surface area contributed by atoms with Crippen molar-refractivity contribution in [3.05, 3.63) is 34.5 Å². The molecule has 15 heavy (non-hydrogen) atoms. The Balaban J connectivity index is 2.47. The zero-order valence-electron chi connectivity index (χ0n) is 9.75. The highest BCUT2D eigenvalue weighted by Crippen LogP contribution is 2.11. The topological polar surface area (TPSA) is 24.7 Å². The van der Waals surface area contributed by atoms with Gasteiger partial charge >= 0.3 is 0 Å². The molecule has 0 atom stereocenters. The van der Waals surface area contributed by atoms with Gasteiger partial charge in [-0.25, -0.2) is 0 Å². The molecule has 0 aliphatic carbocycles. The van der Waals surface area contributed by atoms with Crippen LogP contribution in [0.4, 0.5) is 0 Å². The van der Waals surface area contributed by atoms with Crippen LogP contribution in [0, 0.1) is 0 Å². The lowest BCUT2D eigenvalue weighted by molar-refractivity contribution is 0.548. The minimum atomic E-state index is -0.259. The average molecular weight is 202 g/mol. The molecule has 1 aromatic rings. The molecule has 0 saturated carbocycles. The Bertz CT molecular complexity index is 472. The number of para-hydroxylation sites is 1. The molecule has 0 amide bonds. The van der Waals surface area contributed by atoms with Crippen LogP contribution < -0.4 is 10.7 Å². The van der Waals surface area contributed by atoms with Gasteiger partial charge in [-0.2, -0.15) is 0 Å². The number of rotatable bonds is 3. The minimum absolute atomic E-state index is 0.259. The summed E-state index contributed by atoms with van der Waals surface area (Å²) in [6.45, 7) is 6.32. The molecule has 0 unspecified atom stereocenters. The second-order valence-electron chi connectivity index (χ2n) is 4.61. The highest BCUT2D eigenvalue weighted by Gasteiger charge is 2.18. The molecule has 0 fully saturated rings. The van der Waals surface area contributed by atoms with E-state index >= 15 is 0 Å². The van der Waals surface area contributed by atoms with Crippen molar-refractivity contribution in [2.45, 2.75) is 45.7 Å².